The van der Waals surface area contributed by atoms with Gasteiger partial charge < -0.3 is 4.98 Å². The molecule has 1 aromatic heterocycles. The lowest BCUT2D eigenvalue weighted by molar-refractivity contribution is 0.411. The van der Waals surface area contributed by atoms with Gasteiger partial charge in [0.2, 0.25) is 0 Å². The Morgan fingerprint density at radius 2 is 1.31 bits per heavy atom. The van der Waals surface area contributed by atoms with E-state index in [9.17, 15) is 0 Å². The molecule has 0 atom stereocenters. The maximum Gasteiger partial charge on any atom is 0.111 e. The van der Waals surface area contributed by atoms with Gasteiger partial charge in [-0.05, 0) is 46.8 Å². The van der Waals surface area contributed by atoms with E-state index in [0.717, 1.165) is 30.8 Å². The Balaban J connectivity index is 1.77. The van der Waals surface area contributed by atoms with E-state index in [2.05, 4.69) is 102 Å². The highest BCUT2D eigenvalue weighted by atomic mass is 14.9. The number of hydrogen-bond acceptors (Lipinski definition) is 1. The number of hydrogen-bond donors (Lipinski definition) is 1. The normalized spacial score (nSPS) is 12.3. The molecule has 2 aromatic carbocycles. The molecule has 3 rings (SSSR count). The van der Waals surface area contributed by atoms with Crippen LogP contribution in [0.1, 0.15) is 115 Å². The Bertz CT molecular complexity index is 1020. The molecule has 0 bridgehead atoms. The van der Waals surface area contributed by atoms with Crippen LogP contribution in [0.4, 0.5) is 0 Å². The fraction of sp³-hybridized carbons (Fsp3) is 0.545. The molecule has 2 heteroatoms. The van der Waals surface area contributed by atoms with Crippen molar-refractivity contribution in [1.29, 1.82) is 0 Å². The summed E-state index contributed by atoms with van der Waals surface area (Å²) in [5.41, 5.74) is 8.22. The summed E-state index contributed by atoms with van der Waals surface area (Å²) in [7, 11) is 0. The highest BCUT2D eigenvalue weighted by Gasteiger charge is 2.17. The molecule has 0 fully saturated rings. The van der Waals surface area contributed by atoms with Crippen LogP contribution in [0.3, 0.4) is 0 Å². The minimum absolute atomic E-state index is 0.162. The quantitative estimate of drug-likeness (QED) is 0.277. The monoisotopic (exact) mass is 472 g/mol. The second-order valence-corrected chi connectivity index (χ2v) is 12.6. The Hall–Kier alpha value is -2.35. The van der Waals surface area contributed by atoms with Crippen LogP contribution in [0, 0.1) is 5.41 Å². The summed E-state index contributed by atoms with van der Waals surface area (Å²) in [4.78, 5) is 8.84. The van der Waals surface area contributed by atoms with Crippen LogP contribution in [-0.4, -0.2) is 9.97 Å². The molecular weight excluding hydrogens is 424 g/mol. The largest absolute Gasteiger partial charge is 0.345 e. The average Bonchev–Trinajstić information content (AvgIpc) is 3.18. The maximum atomic E-state index is 5.12. The minimum atomic E-state index is 0.162. The van der Waals surface area contributed by atoms with E-state index in [1.165, 1.54) is 66.5 Å². The first kappa shape index (κ1) is 27.2. The molecule has 0 radical (unpaired) electrons. The molecule has 0 saturated carbocycles. The first-order valence-corrected chi connectivity index (χ1v) is 13.8. The van der Waals surface area contributed by atoms with Crippen molar-refractivity contribution in [2.45, 2.75) is 112 Å². The third-order valence-corrected chi connectivity index (χ3v) is 6.76. The lowest BCUT2D eigenvalue weighted by Crippen LogP contribution is -2.10. The van der Waals surface area contributed by atoms with E-state index in [0.29, 0.717) is 5.41 Å². The van der Waals surface area contributed by atoms with Crippen LogP contribution >= 0.6 is 0 Å². The van der Waals surface area contributed by atoms with E-state index in [-0.39, 0.29) is 5.41 Å². The van der Waals surface area contributed by atoms with Gasteiger partial charge in [0.1, 0.15) is 5.82 Å². The summed E-state index contributed by atoms with van der Waals surface area (Å²) in [6.45, 7) is 16.0. The third-order valence-electron chi connectivity index (χ3n) is 6.76. The second kappa shape index (κ2) is 12.1. The van der Waals surface area contributed by atoms with Gasteiger partial charge in [-0.25, -0.2) is 4.98 Å². The number of aromatic amines is 1. The molecule has 190 valence electrons. The zero-order valence-electron chi connectivity index (χ0n) is 23.4. The highest BCUT2D eigenvalue weighted by molar-refractivity contribution is 5.63. The fourth-order valence-electron chi connectivity index (χ4n) is 4.76. The maximum absolute atomic E-state index is 5.12. The Morgan fingerprint density at radius 1 is 0.714 bits per heavy atom. The van der Waals surface area contributed by atoms with Crippen molar-refractivity contribution in [2.75, 3.05) is 0 Å². The van der Waals surface area contributed by atoms with Gasteiger partial charge in [-0.2, -0.15) is 0 Å². The summed E-state index contributed by atoms with van der Waals surface area (Å²) >= 11 is 0. The van der Waals surface area contributed by atoms with Gasteiger partial charge in [0, 0.05) is 17.7 Å². The van der Waals surface area contributed by atoms with Crippen LogP contribution < -0.4 is 0 Å². The Kier molecular flexibility index (Phi) is 9.39. The van der Waals surface area contributed by atoms with Crippen LogP contribution in [0.5, 0.6) is 0 Å². The van der Waals surface area contributed by atoms with Crippen molar-refractivity contribution >= 4 is 0 Å². The Labute approximate surface area is 215 Å². The van der Waals surface area contributed by atoms with Crippen LogP contribution in [-0.2, 0) is 24.7 Å². The lowest BCUT2D eigenvalue weighted by Gasteiger charge is -2.19. The molecule has 0 saturated heterocycles. The summed E-state index contributed by atoms with van der Waals surface area (Å²) < 4.78 is 0. The molecule has 3 aromatic rings. The number of nitrogens with one attached hydrogen (secondary N) is 1. The molecule has 0 aliphatic carbocycles. The van der Waals surface area contributed by atoms with E-state index < -0.39 is 0 Å². The van der Waals surface area contributed by atoms with Crippen molar-refractivity contribution in [3.63, 3.8) is 0 Å². The summed E-state index contributed by atoms with van der Waals surface area (Å²) in [5.74, 6) is 1.07. The number of imidazole rings is 1. The van der Waals surface area contributed by atoms with E-state index in [1.54, 1.807) is 0 Å². The van der Waals surface area contributed by atoms with Crippen molar-refractivity contribution in [3.05, 3.63) is 76.7 Å². The Morgan fingerprint density at radius 3 is 1.91 bits per heavy atom. The predicted molar refractivity (Wildman–Crippen MR) is 152 cm³/mol. The van der Waals surface area contributed by atoms with E-state index >= 15 is 0 Å². The van der Waals surface area contributed by atoms with Crippen molar-refractivity contribution in [2.24, 2.45) is 5.41 Å². The van der Waals surface area contributed by atoms with Gasteiger partial charge >= 0.3 is 0 Å². The van der Waals surface area contributed by atoms with Gasteiger partial charge in [-0.15, -0.1) is 0 Å². The topological polar surface area (TPSA) is 28.7 Å². The minimum Gasteiger partial charge on any atom is -0.345 e. The number of benzene rings is 2. The van der Waals surface area contributed by atoms with Crippen molar-refractivity contribution in [1.82, 2.24) is 9.97 Å². The molecular formula is C33H48N2. The molecule has 0 aliphatic rings. The van der Waals surface area contributed by atoms with E-state index in [4.69, 9.17) is 4.98 Å². The van der Waals surface area contributed by atoms with Gasteiger partial charge in [0.05, 0.1) is 5.69 Å². The number of nitrogens with zero attached hydrogens (tertiary/aromatic N) is 1. The third kappa shape index (κ3) is 8.67. The smallest absolute Gasteiger partial charge is 0.111 e. The lowest BCUT2D eigenvalue weighted by atomic mass is 9.86. The zero-order chi connectivity index (χ0) is 25.5. The molecule has 1 N–H and O–H groups in total. The first-order chi connectivity index (χ1) is 16.5. The number of aromatic nitrogens is 2. The van der Waals surface area contributed by atoms with Crippen molar-refractivity contribution in [3.8, 4) is 11.3 Å². The highest BCUT2D eigenvalue weighted by Crippen LogP contribution is 2.29. The number of H-pyrrole nitrogens is 1. The van der Waals surface area contributed by atoms with Crippen LogP contribution in [0.2, 0.25) is 0 Å². The molecule has 1 heterocycles. The van der Waals surface area contributed by atoms with Crippen molar-refractivity contribution < 1.29 is 0 Å². The van der Waals surface area contributed by atoms with Crippen LogP contribution in [0.25, 0.3) is 11.3 Å². The summed E-state index contributed by atoms with van der Waals surface area (Å²) in [6, 6.07) is 18.2. The molecule has 0 unspecified atom stereocenters. The van der Waals surface area contributed by atoms with Gasteiger partial charge in [-0.3, -0.25) is 0 Å². The molecule has 0 spiro atoms. The fourth-order valence-corrected chi connectivity index (χ4v) is 4.76. The van der Waals surface area contributed by atoms with E-state index in [1.807, 2.05) is 0 Å². The van der Waals surface area contributed by atoms with Gasteiger partial charge in [-0.1, -0.05) is 129 Å². The molecule has 0 amide bonds. The average molecular weight is 473 g/mol. The number of rotatable bonds is 11. The molecule has 2 nitrogen and oxygen atoms in total. The summed E-state index contributed by atoms with van der Waals surface area (Å²) in [6.07, 6.45) is 10.9. The summed E-state index contributed by atoms with van der Waals surface area (Å²) in [5, 5.41) is 0. The molecule has 35 heavy (non-hydrogen) atoms. The number of aryl methyl sites for hydroxylation is 1. The zero-order valence-corrected chi connectivity index (χ0v) is 23.4. The predicted octanol–water partition coefficient (Wildman–Crippen LogP) is 9.46. The van der Waals surface area contributed by atoms with Gasteiger partial charge in [0.15, 0.2) is 0 Å². The number of unbranched alkanes of at least 4 members (excludes halogenated alkanes) is 5. The first-order valence-electron chi connectivity index (χ1n) is 13.8. The molecule has 0 aliphatic heterocycles. The standard InChI is InChI=1S/C33H48N2/c1-8-9-10-11-12-13-14-29-31(27-19-21-28(22-20-27)33(5,6)7)35-30(34-29)23-25-15-17-26(18-16-25)24-32(2,3)4/h15-22H,8-14,23-24H2,1-7H3,(H,34,35). The van der Waals surface area contributed by atoms with Gasteiger partial charge in [0.25, 0.3) is 0 Å². The van der Waals surface area contributed by atoms with Crippen LogP contribution in [0.15, 0.2) is 48.5 Å². The SMILES string of the molecule is CCCCCCCCc1[nH]c(Cc2ccc(CC(C)(C)C)cc2)nc1-c1ccc(C(C)(C)C)cc1. The second-order valence-electron chi connectivity index (χ2n) is 12.6.